The Bertz CT molecular complexity index is 728. The van der Waals surface area contributed by atoms with Crippen molar-refractivity contribution in [1.82, 2.24) is 15.0 Å². The van der Waals surface area contributed by atoms with Crippen LogP contribution in [-0.2, 0) is 4.74 Å². The van der Waals surface area contributed by atoms with Gasteiger partial charge in [0.1, 0.15) is 6.04 Å². The number of hydrogen-bond donors (Lipinski definition) is 0. The Balaban J connectivity index is 1.90. The molecule has 1 amide bonds. The van der Waals surface area contributed by atoms with E-state index in [9.17, 15) is 4.79 Å². The van der Waals surface area contributed by atoms with Crippen LogP contribution in [0.25, 0.3) is 0 Å². The highest BCUT2D eigenvalue weighted by Gasteiger charge is 2.39. The van der Waals surface area contributed by atoms with Gasteiger partial charge in [-0.15, -0.1) is 0 Å². The fraction of sp³-hybridized carbons (Fsp3) is 0.471. The molecule has 1 aromatic heterocycles. The zero-order chi connectivity index (χ0) is 17.3. The molecule has 1 fully saturated rings. The van der Waals surface area contributed by atoms with E-state index in [1.807, 2.05) is 43.3 Å². The third kappa shape index (κ3) is 3.12. The molecule has 0 N–H and O–H groups in total. The molecule has 2 aromatic rings. The van der Waals surface area contributed by atoms with Gasteiger partial charge in [0.15, 0.2) is 5.82 Å². The van der Waals surface area contributed by atoms with Crippen LogP contribution < -0.4 is 4.90 Å². The minimum atomic E-state index is -0.258. The van der Waals surface area contributed by atoms with Gasteiger partial charge in [-0.2, -0.15) is 4.98 Å². The van der Waals surface area contributed by atoms with Crippen molar-refractivity contribution in [2.45, 2.75) is 25.5 Å². The van der Waals surface area contributed by atoms with Crippen molar-refractivity contribution in [3.05, 3.63) is 41.5 Å². The molecule has 2 atom stereocenters. The van der Waals surface area contributed by atoms with Crippen LogP contribution in [0.15, 0.2) is 28.8 Å². The van der Waals surface area contributed by atoms with Gasteiger partial charge in [0.2, 0.25) is 5.89 Å². The van der Waals surface area contributed by atoms with Crippen molar-refractivity contribution in [2.24, 2.45) is 0 Å². The molecule has 7 heteroatoms. The number of ether oxygens (including phenoxy) is 1. The molecule has 128 valence electrons. The Morgan fingerprint density at radius 3 is 2.83 bits per heavy atom. The van der Waals surface area contributed by atoms with Crippen LogP contribution in [-0.4, -0.2) is 54.8 Å². The summed E-state index contributed by atoms with van der Waals surface area (Å²) in [5, 5.41) is 3.84. The highest BCUT2D eigenvalue weighted by molar-refractivity contribution is 5.95. The molecule has 7 nitrogen and oxygen atoms in total. The monoisotopic (exact) mass is 330 g/mol. The number of rotatable bonds is 4. The Hall–Kier alpha value is -2.41. The first-order chi connectivity index (χ1) is 11.5. The number of benzene rings is 1. The van der Waals surface area contributed by atoms with Gasteiger partial charge in [0.05, 0.1) is 6.10 Å². The van der Waals surface area contributed by atoms with Crippen LogP contribution in [0.4, 0.5) is 5.69 Å². The van der Waals surface area contributed by atoms with Gasteiger partial charge >= 0.3 is 0 Å². The molecule has 1 aliphatic heterocycles. The van der Waals surface area contributed by atoms with Gasteiger partial charge < -0.3 is 19.1 Å². The van der Waals surface area contributed by atoms with Gasteiger partial charge in [-0.1, -0.05) is 11.2 Å². The molecule has 0 saturated carbocycles. The summed E-state index contributed by atoms with van der Waals surface area (Å²) in [4.78, 5) is 21.1. The number of anilines is 1. The maximum absolute atomic E-state index is 13.0. The largest absolute Gasteiger partial charge is 0.380 e. The number of amides is 1. The zero-order valence-electron chi connectivity index (χ0n) is 14.4. The van der Waals surface area contributed by atoms with Gasteiger partial charge in [-0.05, 0) is 25.1 Å². The molecular formula is C17H22N4O3. The van der Waals surface area contributed by atoms with Gasteiger partial charge in [0.25, 0.3) is 5.91 Å². The van der Waals surface area contributed by atoms with E-state index in [-0.39, 0.29) is 18.1 Å². The third-order valence-electron chi connectivity index (χ3n) is 4.29. The summed E-state index contributed by atoms with van der Waals surface area (Å²) in [6.45, 7) is 2.27. The second kappa shape index (κ2) is 6.60. The van der Waals surface area contributed by atoms with Crippen molar-refractivity contribution < 1.29 is 14.1 Å². The topological polar surface area (TPSA) is 71.7 Å². The quantitative estimate of drug-likeness (QED) is 0.854. The van der Waals surface area contributed by atoms with E-state index in [0.717, 1.165) is 5.69 Å². The molecule has 24 heavy (non-hydrogen) atoms. The standard InChI is InChI=1S/C17H22N4O3/c1-11-18-16(24-19-11)15-9-14(23-4)10-21(15)17(22)12-6-5-7-13(8-12)20(2)3/h5-8,14-15H,9-10H2,1-4H3. The lowest BCUT2D eigenvalue weighted by atomic mass is 10.1. The summed E-state index contributed by atoms with van der Waals surface area (Å²) in [5.41, 5.74) is 1.62. The molecule has 1 aromatic carbocycles. The number of nitrogens with zero attached hydrogens (tertiary/aromatic N) is 4. The van der Waals surface area contributed by atoms with Gasteiger partial charge in [-0.3, -0.25) is 4.79 Å². The van der Waals surface area contributed by atoms with Crippen molar-refractivity contribution in [2.75, 3.05) is 32.6 Å². The zero-order valence-corrected chi connectivity index (χ0v) is 14.4. The first-order valence-corrected chi connectivity index (χ1v) is 7.91. The summed E-state index contributed by atoms with van der Waals surface area (Å²) in [6.07, 6.45) is 0.611. The summed E-state index contributed by atoms with van der Waals surface area (Å²) in [7, 11) is 5.55. The predicted molar refractivity (Wildman–Crippen MR) is 89.0 cm³/mol. The molecular weight excluding hydrogens is 308 g/mol. The van der Waals surface area contributed by atoms with Crippen LogP contribution in [0, 0.1) is 6.92 Å². The number of carbonyl (C=O) groups is 1. The van der Waals surface area contributed by atoms with E-state index in [4.69, 9.17) is 9.26 Å². The van der Waals surface area contributed by atoms with Crippen molar-refractivity contribution in [1.29, 1.82) is 0 Å². The molecule has 0 spiro atoms. The summed E-state index contributed by atoms with van der Waals surface area (Å²) < 4.78 is 10.8. The van der Waals surface area contributed by atoms with E-state index in [2.05, 4.69) is 10.1 Å². The smallest absolute Gasteiger partial charge is 0.254 e. The van der Waals surface area contributed by atoms with Crippen LogP contribution >= 0.6 is 0 Å². The first kappa shape index (κ1) is 16.4. The number of carbonyl (C=O) groups excluding carboxylic acids is 1. The van der Waals surface area contributed by atoms with E-state index in [0.29, 0.717) is 30.2 Å². The number of methoxy groups -OCH3 is 1. The Labute approximate surface area is 141 Å². The maximum Gasteiger partial charge on any atom is 0.254 e. The lowest BCUT2D eigenvalue weighted by Gasteiger charge is -2.22. The number of aryl methyl sites for hydroxylation is 1. The molecule has 3 rings (SSSR count). The van der Waals surface area contributed by atoms with Gasteiger partial charge in [-0.25, -0.2) is 0 Å². The van der Waals surface area contributed by atoms with Crippen molar-refractivity contribution in [3.63, 3.8) is 0 Å². The van der Waals surface area contributed by atoms with Crippen molar-refractivity contribution in [3.8, 4) is 0 Å². The number of aromatic nitrogens is 2. The van der Waals surface area contributed by atoms with E-state index in [1.165, 1.54) is 0 Å². The maximum atomic E-state index is 13.0. The second-order valence-corrected chi connectivity index (χ2v) is 6.19. The van der Waals surface area contributed by atoms with E-state index < -0.39 is 0 Å². The molecule has 2 heterocycles. The normalized spacial score (nSPS) is 20.4. The average Bonchev–Trinajstić information content (AvgIpc) is 3.20. The highest BCUT2D eigenvalue weighted by Crippen LogP contribution is 2.34. The number of likely N-dealkylation sites (tertiary alicyclic amines) is 1. The fourth-order valence-electron chi connectivity index (χ4n) is 2.96. The van der Waals surface area contributed by atoms with Crippen LogP contribution in [0.3, 0.4) is 0 Å². The Morgan fingerprint density at radius 2 is 2.21 bits per heavy atom. The predicted octanol–water partition coefficient (Wildman–Crippen LogP) is 2.05. The fourth-order valence-corrected chi connectivity index (χ4v) is 2.96. The van der Waals surface area contributed by atoms with Crippen LogP contribution in [0.2, 0.25) is 0 Å². The first-order valence-electron chi connectivity index (χ1n) is 7.91. The molecule has 1 saturated heterocycles. The molecule has 0 aliphatic carbocycles. The minimum Gasteiger partial charge on any atom is -0.380 e. The van der Waals surface area contributed by atoms with Crippen molar-refractivity contribution >= 4 is 11.6 Å². The number of hydrogen-bond acceptors (Lipinski definition) is 6. The van der Waals surface area contributed by atoms with Crippen LogP contribution in [0.1, 0.15) is 34.5 Å². The Kier molecular flexibility index (Phi) is 4.53. The average molecular weight is 330 g/mol. The molecule has 1 aliphatic rings. The SMILES string of the molecule is COC1CC(c2nc(C)no2)N(C(=O)c2cccc(N(C)C)c2)C1. The molecule has 0 bridgehead atoms. The summed E-state index contributed by atoms with van der Waals surface area (Å²) in [6, 6.07) is 7.31. The van der Waals surface area contributed by atoms with E-state index >= 15 is 0 Å². The lowest BCUT2D eigenvalue weighted by Crippen LogP contribution is -2.32. The second-order valence-electron chi connectivity index (χ2n) is 6.19. The van der Waals surface area contributed by atoms with E-state index in [1.54, 1.807) is 18.9 Å². The Morgan fingerprint density at radius 1 is 1.42 bits per heavy atom. The summed E-state index contributed by atoms with van der Waals surface area (Å²) >= 11 is 0. The highest BCUT2D eigenvalue weighted by atomic mass is 16.5. The third-order valence-corrected chi connectivity index (χ3v) is 4.29. The lowest BCUT2D eigenvalue weighted by molar-refractivity contribution is 0.0671. The molecule has 2 unspecified atom stereocenters. The van der Waals surface area contributed by atoms with Crippen LogP contribution in [0.5, 0.6) is 0 Å². The molecule has 0 radical (unpaired) electrons. The summed E-state index contributed by atoms with van der Waals surface area (Å²) in [5.74, 6) is 0.969. The van der Waals surface area contributed by atoms with Gasteiger partial charge in [0, 0.05) is 45.4 Å². The minimum absolute atomic E-state index is 0.0387.